The van der Waals surface area contributed by atoms with Crippen molar-refractivity contribution >= 4 is 17.7 Å². The summed E-state index contributed by atoms with van der Waals surface area (Å²) in [4.78, 5) is 42.2. The molecule has 4 rings (SSSR count). The van der Waals surface area contributed by atoms with Gasteiger partial charge in [-0.25, -0.2) is 4.39 Å². The zero-order valence-electron chi connectivity index (χ0n) is 15.3. The first-order chi connectivity index (χ1) is 13.1. The van der Waals surface area contributed by atoms with Crippen molar-refractivity contribution < 1.29 is 18.8 Å². The van der Waals surface area contributed by atoms with E-state index in [1.807, 2.05) is 0 Å². The molecule has 27 heavy (non-hydrogen) atoms. The van der Waals surface area contributed by atoms with E-state index in [1.54, 1.807) is 32.9 Å². The normalized spacial score (nSPS) is 24.9. The van der Waals surface area contributed by atoms with Gasteiger partial charge in [-0.3, -0.25) is 14.4 Å². The van der Waals surface area contributed by atoms with E-state index >= 15 is 0 Å². The maximum absolute atomic E-state index is 13.9. The summed E-state index contributed by atoms with van der Waals surface area (Å²) in [6, 6.07) is 6.61. The maximum Gasteiger partial charge on any atom is 0.312 e. The van der Waals surface area contributed by atoms with Crippen molar-refractivity contribution in [3.63, 3.8) is 0 Å². The van der Waals surface area contributed by atoms with Gasteiger partial charge in [-0.05, 0) is 36.8 Å². The molecule has 0 bridgehead atoms. The van der Waals surface area contributed by atoms with Crippen LogP contribution in [0.1, 0.15) is 30.7 Å². The van der Waals surface area contributed by atoms with E-state index < -0.39 is 11.8 Å². The van der Waals surface area contributed by atoms with Gasteiger partial charge in [0.2, 0.25) is 5.91 Å². The Hall–Kier alpha value is -2.44. The standard InChI is InChI=1S/C20H24FN3O3/c21-17-6-2-1-5-14(17)15-13-16(15)18(25)23-9-11-24(12-10-23)20(27)19(26)22-7-3-4-8-22/h1-2,5-6,15-16H,3-4,7-13H2. The monoisotopic (exact) mass is 373 g/mol. The number of halogens is 1. The predicted molar refractivity (Wildman–Crippen MR) is 96.2 cm³/mol. The lowest BCUT2D eigenvalue weighted by Crippen LogP contribution is -2.54. The molecule has 2 saturated heterocycles. The lowest BCUT2D eigenvalue weighted by Gasteiger charge is -2.35. The van der Waals surface area contributed by atoms with E-state index in [1.165, 1.54) is 6.07 Å². The third-order valence-corrected chi connectivity index (χ3v) is 5.87. The van der Waals surface area contributed by atoms with Gasteiger partial charge in [0.05, 0.1) is 0 Å². The van der Waals surface area contributed by atoms with Crippen LogP contribution in [-0.4, -0.2) is 71.7 Å². The summed E-state index contributed by atoms with van der Waals surface area (Å²) in [5, 5.41) is 0. The Morgan fingerprint density at radius 3 is 2.00 bits per heavy atom. The second kappa shape index (κ2) is 7.29. The third kappa shape index (κ3) is 3.55. The smallest absolute Gasteiger partial charge is 0.312 e. The Morgan fingerprint density at radius 2 is 1.37 bits per heavy atom. The Balaban J connectivity index is 1.29. The van der Waals surface area contributed by atoms with Crippen molar-refractivity contribution in [3.8, 4) is 0 Å². The fraction of sp³-hybridized carbons (Fsp3) is 0.550. The molecular weight excluding hydrogens is 349 g/mol. The molecule has 1 saturated carbocycles. The highest BCUT2D eigenvalue weighted by molar-refractivity contribution is 6.35. The van der Waals surface area contributed by atoms with Gasteiger partial charge in [-0.1, -0.05) is 18.2 Å². The lowest BCUT2D eigenvalue weighted by molar-refractivity contribution is -0.153. The van der Waals surface area contributed by atoms with Gasteiger partial charge in [-0.2, -0.15) is 0 Å². The molecule has 144 valence electrons. The second-order valence-corrected chi connectivity index (χ2v) is 7.59. The van der Waals surface area contributed by atoms with Crippen molar-refractivity contribution in [2.75, 3.05) is 39.3 Å². The van der Waals surface area contributed by atoms with Crippen LogP contribution >= 0.6 is 0 Å². The van der Waals surface area contributed by atoms with Crippen molar-refractivity contribution in [3.05, 3.63) is 35.6 Å². The van der Waals surface area contributed by atoms with Crippen molar-refractivity contribution in [1.82, 2.24) is 14.7 Å². The number of piperazine rings is 1. The fourth-order valence-electron chi connectivity index (χ4n) is 4.14. The molecule has 7 heteroatoms. The highest BCUT2D eigenvalue weighted by Gasteiger charge is 2.47. The molecule has 1 aromatic carbocycles. The molecule has 0 spiro atoms. The number of hydrogen-bond acceptors (Lipinski definition) is 3. The molecule has 0 radical (unpaired) electrons. The number of carbonyl (C=O) groups excluding carboxylic acids is 3. The van der Waals surface area contributed by atoms with E-state index in [2.05, 4.69) is 0 Å². The fourth-order valence-corrected chi connectivity index (χ4v) is 4.14. The zero-order chi connectivity index (χ0) is 19.0. The molecule has 6 nitrogen and oxygen atoms in total. The summed E-state index contributed by atoms with van der Waals surface area (Å²) in [7, 11) is 0. The average Bonchev–Trinajstić information content (AvgIpc) is 3.29. The summed E-state index contributed by atoms with van der Waals surface area (Å²) >= 11 is 0. The molecular formula is C20H24FN3O3. The van der Waals surface area contributed by atoms with E-state index in [9.17, 15) is 18.8 Å². The largest absolute Gasteiger partial charge is 0.339 e. The second-order valence-electron chi connectivity index (χ2n) is 7.59. The van der Waals surface area contributed by atoms with Gasteiger partial charge in [0.1, 0.15) is 5.82 Å². The highest BCUT2D eigenvalue weighted by atomic mass is 19.1. The first-order valence-corrected chi connectivity index (χ1v) is 9.67. The topological polar surface area (TPSA) is 60.9 Å². The van der Waals surface area contributed by atoms with Gasteiger partial charge in [0, 0.05) is 45.2 Å². The Bertz CT molecular complexity index is 755. The van der Waals surface area contributed by atoms with Gasteiger partial charge < -0.3 is 14.7 Å². The molecule has 3 aliphatic rings. The summed E-state index contributed by atoms with van der Waals surface area (Å²) in [6.07, 6.45) is 2.57. The first kappa shape index (κ1) is 17.9. The van der Waals surface area contributed by atoms with Crippen molar-refractivity contribution in [2.45, 2.75) is 25.2 Å². The van der Waals surface area contributed by atoms with Crippen LogP contribution in [0.2, 0.25) is 0 Å². The molecule has 0 N–H and O–H groups in total. The molecule has 1 aliphatic carbocycles. The minimum absolute atomic E-state index is 0.0289. The van der Waals surface area contributed by atoms with Crippen LogP contribution in [0, 0.1) is 11.7 Å². The van der Waals surface area contributed by atoms with Gasteiger partial charge in [0.15, 0.2) is 0 Å². The zero-order valence-corrected chi connectivity index (χ0v) is 15.3. The minimum Gasteiger partial charge on any atom is -0.339 e. The van der Waals surface area contributed by atoms with E-state index in [-0.39, 0.29) is 23.6 Å². The number of amides is 3. The number of hydrogen-bond donors (Lipinski definition) is 0. The highest BCUT2D eigenvalue weighted by Crippen LogP contribution is 2.49. The SMILES string of the molecule is O=C(C(=O)N1CCN(C(=O)C2CC2c2ccccc2F)CC1)N1CCCC1. The molecule has 3 fully saturated rings. The van der Waals surface area contributed by atoms with Crippen LogP contribution in [0.3, 0.4) is 0 Å². The predicted octanol–water partition coefficient (Wildman–Crippen LogP) is 1.22. The van der Waals surface area contributed by atoms with E-state index in [0.29, 0.717) is 51.3 Å². The van der Waals surface area contributed by atoms with Crippen LogP contribution in [0.25, 0.3) is 0 Å². The molecule has 2 atom stereocenters. The summed E-state index contributed by atoms with van der Waals surface area (Å²) in [6.45, 7) is 2.92. The molecule has 2 unspecified atom stereocenters. The van der Waals surface area contributed by atoms with Crippen LogP contribution < -0.4 is 0 Å². The number of likely N-dealkylation sites (tertiary alicyclic amines) is 1. The Labute approximate surface area is 157 Å². The number of benzene rings is 1. The number of rotatable bonds is 2. The summed E-state index contributed by atoms with van der Waals surface area (Å²) in [5.41, 5.74) is 0.612. The quantitative estimate of drug-likeness (QED) is 0.733. The minimum atomic E-state index is -0.459. The van der Waals surface area contributed by atoms with Crippen molar-refractivity contribution in [1.29, 1.82) is 0 Å². The van der Waals surface area contributed by atoms with E-state index in [4.69, 9.17) is 0 Å². The molecule has 3 amide bonds. The number of nitrogens with zero attached hydrogens (tertiary/aromatic N) is 3. The van der Waals surface area contributed by atoms with Gasteiger partial charge in [-0.15, -0.1) is 0 Å². The molecule has 1 aromatic rings. The van der Waals surface area contributed by atoms with Crippen LogP contribution in [-0.2, 0) is 14.4 Å². The third-order valence-electron chi connectivity index (χ3n) is 5.87. The van der Waals surface area contributed by atoms with Crippen molar-refractivity contribution in [2.24, 2.45) is 5.92 Å². The van der Waals surface area contributed by atoms with E-state index in [0.717, 1.165) is 12.8 Å². The van der Waals surface area contributed by atoms with Crippen LogP contribution in [0.15, 0.2) is 24.3 Å². The molecule has 2 aliphatic heterocycles. The molecule has 2 heterocycles. The lowest BCUT2D eigenvalue weighted by atomic mass is 10.1. The maximum atomic E-state index is 13.9. The molecule has 0 aromatic heterocycles. The van der Waals surface area contributed by atoms with Crippen LogP contribution in [0.4, 0.5) is 4.39 Å². The summed E-state index contributed by atoms with van der Waals surface area (Å²) in [5.74, 6) is -1.32. The number of carbonyl (C=O) groups is 3. The Kier molecular flexibility index (Phi) is 4.85. The average molecular weight is 373 g/mol. The van der Waals surface area contributed by atoms with Crippen LogP contribution in [0.5, 0.6) is 0 Å². The van der Waals surface area contributed by atoms with Gasteiger partial charge in [0.25, 0.3) is 0 Å². The van der Waals surface area contributed by atoms with Gasteiger partial charge >= 0.3 is 11.8 Å². The first-order valence-electron chi connectivity index (χ1n) is 9.67. The Morgan fingerprint density at radius 1 is 0.815 bits per heavy atom. The summed E-state index contributed by atoms with van der Waals surface area (Å²) < 4.78 is 13.9.